The summed E-state index contributed by atoms with van der Waals surface area (Å²) < 4.78 is 0. The van der Waals surface area contributed by atoms with Crippen LogP contribution >= 0.6 is 0 Å². The fourth-order valence-electron chi connectivity index (χ4n) is 0.729. The van der Waals surface area contributed by atoms with E-state index in [1.165, 1.54) is 0 Å². The summed E-state index contributed by atoms with van der Waals surface area (Å²) in [5.74, 6) is 0. The Hall–Kier alpha value is -0.120. The van der Waals surface area contributed by atoms with E-state index in [9.17, 15) is 5.11 Å². The number of hydrogen-bond acceptors (Lipinski definition) is 3. The molecule has 0 heterocycles. The summed E-state index contributed by atoms with van der Waals surface area (Å²) in [6.07, 6.45) is 2.42. The van der Waals surface area contributed by atoms with Crippen molar-refractivity contribution in [3.05, 3.63) is 0 Å². The van der Waals surface area contributed by atoms with Crippen LogP contribution in [0, 0.1) is 0 Å². The van der Waals surface area contributed by atoms with Crippen LogP contribution in [0.1, 0.15) is 26.2 Å². The fraction of sp³-hybridized carbons (Fsp3) is 1.00. The van der Waals surface area contributed by atoms with Crippen LogP contribution in [0.2, 0.25) is 0 Å². The van der Waals surface area contributed by atoms with E-state index >= 15 is 0 Å². The highest BCUT2D eigenvalue weighted by Gasteiger charge is 2.17. The molecule has 3 nitrogen and oxygen atoms in total. The molecule has 1 unspecified atom stereocenters. The molecule has 0 aromatic carbocycles. The summed E-state index contributed by atoms with van der Waals surface area (Å²) in [6, 6.07) is 0. The van der Waals surface area contributed by atoms with Crippen LogP contribution in [0.15, 0.2) is 0 Å². The van der Waals surface area contributed by atoms with Crippen molar-refractivity contribution in [2.24, 2.45) is 5.73 Å². The van der Waals surface area contributed by atoms with Gasteiger partial charge in [-0.1, -0.05) is 0 Å². The van der Waals surface area contributed by atoms with Gasteiger partial charge < -0.3 is 15.9 Å². The molecule has 0 aliphatic heterocycles. The first-order valence-electron chi connectivity index (χ1n) is 3.66. The quantitative estimate of drug-likeness (QED) is 0.474. The van der Waals surface area contributed by atoms with E-state index in [0.717, 1.165) is 12.8 Å². The smallest absolute Gasteiger partial charge is 0.0849 e. The number of aliphatic hydroxyl groups excluding tert-OH is 1. The second-order valence-electron chi connectivity index (χ2n) is 2.90. The molecular formula is C7H17NO2. The van der Waals surface area contributed by atoms with Crippen molar-refractivity contribution in [1.29, 1.82) is 0 Å². The second kappa shape index (κ2) is 4.66. The molecular weight excluding hydrogens is 130 g/mol. The van der Waals surface area contributed by atoms with Crippen LogP contribution < -0.4 is 5.73 Å². The Bertz CT molecular complexity index is 83.7. The third-order valence-corrected chi connectivity index (χ3v) is 1.51. The van der Waals surface area contributed by atoms with Crippen LogP contribution in [-0.4, -0.2) is 29.0 Å². The zero-order valence-electron chi connectivity index (χ0n) is 6.51. The minimum atomic E-state index is -0.908. The van der Waals surface area contributed by atoms with Crippen molar-refractivity contribution >= 4 is 0 Å². The normalized spacial score (nSPS) is 16.8. The van der Waals surface area contributed by atoms with Crippen LogP contribution in [0.25, 0.3) is 0 Å². The SMILES string of the molecule is CC(O)(CO)CCCCN. The number of hydrogen-bond donors (Lipinski definition) is 3. The summed E-state index contributed by atoms with van der Waals surface area (Å²) in [5.41, 5.74) is 4.35. The molecule has 4 N–H and O–H groups in total. The Labute approximate surface area is 61.9 Å². The van der Waals surface area contributed by atoms with Gasteiger partial charge in [0.05, 0.1) is 12.2 Å². The Morgan fingerprint density at radius 2 is 2.00 bits per heavy atom. The molecule has 0 aliphatic rings. The van der Waals surface area contributed by atoms with Crippen molar-refractivity contribution in [3.8, 4) is 0 Å². The number of rotatable bonds is 5. The topological polar surface area (TPSA) is 66.5 Å². The highest BCUT2D eigenvalue weighted by Crippen LogP contribution is 2.11. The van der Waals surface area contributed by atoms with Crippen LogP contribution in [0.4, 0.5) is 0 Å². The van der Waals surface area contributed by atoms with Gasteiger partial charge in [-0.2, -0.15) is 0 Å². The number of aliphatic hydroxyl groups is 2. The largest absolute Gasteiger partial charge is 0.393 e. The summed E-state index contributed by atoms with van der Waals surface area (Å²) in [4.78, 5) is 0. The minimum absolute atomic E-state index is 0.169. The van der Waals surface area contributed by atoms with Crippen molar-refractivity contribution in [2.75, 3.05) is 13.2 Å². The van der Waals surface area contributed by atoms with E-state index in [1.54, 1.807) is 6.92 Å². The Morgan fingerprint density at radius 3 is 2.40 bits per heavy atom. The summed E-state index contributed by atoms with van der Waals surface area (Å²) in [6.45, 7) is 2.11. The van der Waals surface area contributed by atoms with Crippen molar-refractivity contribution < 1.29 is 10.2 Å². The van der Waals surface area contributed by atoms with Gasteiger partial charge in [0, 0.05) is 0 Å². The molecule has 0 aromatic rings. The highest BCUT2D eigenvalue weighted by molar-refractivity contribution is 4.70. The first kappa shape index (κ1) is 9.88. The molecule has 0 rings (SSSR count). The maximum Gasteiger partial charge on any atom is 0.0849 e. The number of nitrogens with two attached hydrogens (primary N) is 1. The highest BCUT2D eigenvalue weighted by atomic mass is 16.3. The molecule has 3 heteroatoms. The monoisotopic (exact) mass is 147 g/mol. The van der Waals surface area contributed by atoms with E-state index in [1.807, 2.05) is 0 Å². The number of unbranched alkanes of at least 4 members (excludes halogenated alkanes) is 1. The molecule has 62 valence electrons. The first-order chi connectivity index (χ1) is 4.62. The lowest BCUT2D eigenvalue weighted by Gasteiger charge is -2.19. The van der Waals surface area contributed by atoms with E-state index in [2.05, 4.69) is 0 Å². The first-order valence-corrected chi connectivity index (χ1v) is 3.66. The van der Waals surface area contributed by atoms with Gasteiger partial charge in [-0.3, -0.25) is 0 Å². The molecule has 0 aromatic heterocycles. The summed E-state index contributed by atoms with van der Waals surface area (Å²) in [7, 11) is 0. The molecule has 0 aliphatic carbocycles. The Balaban J connectivity index is 3.28. The van der Waals surface area contributed by atoms with Crippen molar-refractivity contribution in [2.45, 2.75) is 31.8 Å². The predicted octanol–water partition coefficient (Wildman–Crippen LogP) is -0.141. The lowest BCUT2D eigenvalue weighted by molar-refractivity contribution is -0.00671. The van der Waals surface area contributed by atoms with E-state index < -0.39 is 5.60 Å². The third-order valence-electron chi connectivity index (χ3n) is 1.51. The lowest BCUT2D eigenvalue weighted by Crippen LogP contribution is -2.28. The lowest BCUT2D eigenvalue weighted by atomic mass is 10.0. The summed E-state index contributed by atoms with van der Waals surface area (Å²) >= 11 is 0. The van der Waals surface area contributed by atoms with E-state index in [0.29, 0.717) is 13.0 Å². The van der Waals surface area contributed by atoms with E-state index in [4.69, 9.17) is 10.8 Å². The van der Waals surface area contributed by atoms with Gasteiger partial charge in [-0.15, -0.1) is 0 Å². The van der Waals surface area contributed by atoms with Gasteiger partial charge in [0.25, 0.3) is 0 Å². The van der Waals surface area contributed by atoms with Gasteiger partial charge in [0.2, 0.25) is 0 Å². The standard InChI is InChI=1S/C7H17NO2/c1-7(10,6-9)4-2-3-5-8/h9-10H,2-6,8H2,1H3. The average Bonchev–Trinajstić information content (AvgIpc) is 1.89. The molecule has 0 fully saturated rings. The van der Waals surface area contributed by atoms with Crippen LogP contribution in [0.5, 0.6) is 0 Å². The Kier molecular flexibility index (Phi) is 4.60. The van der Waals surface area contributed by atoms with Gasteiger partial charge in [0.1, 0.15) is 0 Å². The second-order valence-corrected chi connectivity index (χ2v) is 2.90. The van der Waals surface area contributed by atoms with Gasteiger partial charge in [-0.05, 0) is 32.7 Å². The molecule has 0 spiro atoms. The molecule has 0 saturated heterocycles. The molecule has 0 radical (unpaired) electrons. The average molecular weight is 147 g/mol. The maximum absolute atomic E-state index is 9.26. The molecule has 10 heavy (non-hydrogen) atoms. The van der Waals surface area contributed by atoms with Gasteiger partial charge in [0.15, 0.2) is 0 Å². The van der Waals surface area contributed by atoms with Crippen molar-refractivity contribution in [3.63, 3.8) is 0 Å². The molecule has 0 bridgehead atoms. The molecule has 0 saturated carbocycles. The molecule has 1 atom stereocenters. The maximum atomic E-state index is 9.26. The fourth-order valence-corrected chi connectivity index (χ4v) is 0.729. The van der Waals surface area contributed by atoms with Crippen LogP contribution in [-0.2, 0) is 0 Å². The molecule has 0 amide bonds. The van der Waals surface area contributed by atoms with Crippen molar-refractivity contribution in [1.82, 2.24) is 0 Å². The third kappa shape index (κ3) is 4.73. The zero-order valence-corrected chi connectivity index (χ0v) is 6.51. The van der Waals surface area contributed by atoms with E-state index in [-0.39, 0.29) is 6.61 Å². The van der Waals surface area contributed by atoms with Gasteiger partial charge in [-0.25, -0.2) is 0 Å². The van der Waals surface area contributed by atoms with Gasteiger partial charge >= 0.3 is 0 Å². The Morgan fingerprint density at radius 1 is 1.40 bits per heavy atom. The predicted molar refractivity (Wildman–Crippen MR) is 40.6 cm³/mol. The summed E-state index contributed by atoms with van der Waals surface area (Å²) in [5, 5.41) is 17.9. The van der Waals surface area contributed by atoms with Crippen LogP contribution in [0.3, 0.4) is 0 Å². The zero-order chi connectivity index (χ0) is 8.04. The minimum Gasteiger partial charge on any atom is -0.393 e.